The van der Waals surface area contributed by atoms with Gasteiger partial charge < -0.3 is 10.6 Å². The van der Waals surface area contributed by atoms with Crippen LogP contribution in [0.4, 0.5) is 10.1 Å². The number of nitrogen functional groups attached to an aromatic ring is 1. The normalized spacial score (nSPS) is 20.3. The van der Waals surface area contributed by atoms with E-state index in [0.29, 0.717) is 24.8 Å². The van der Waals surface area contributed by atoms with Gasteiger partial charge in [0.25, 0.3) is 0 Å². The van der Waals surface area contributed by atoms with Crippen LogP contribution in [-0.4, -0.2) is 17.4 Å². The molecule has 20 heavy (non-hydrogen) atoms. The Morgan fingerprint density at radius 2 is 2.15 bits per heavy atom. The SMILES string of the molecule is CC(C)C1CCC(=O)N(Cc2ccc(N)c(F)c2)CC1. The third kappa shape index (κ3) is 3.50. The first-order chi connectivity index (χ1) is 9.47. The molecule has 0 aliphatic carbocycles. The van der Waals surface area contributed by atoms with E-state index in [1.165, 1.54) is 6.07 Å². The smallest absolute Gasteiger partial charge is 0.222 e. The minimum Gasteiger partial charge on any atom is -0.396 e. The van der Waals surface area contributed by atoms with Crippen LogP contribution >= 0.6 is 0 Å². The van der Waals surface area contributed by atoms with Gasteiger partial charge in [0.15, 0.2) is 0 Å². The summed E-state index contributed by atoms with van der Waals surface area (Å²) in [5.41, 5.74) is 6.42. The summed E-state index contributed by atoms with van der Waals surface area (Å²) >= 11 is 0. The molecule has 0 saturated carbocycles. The van der Waals surface area contributed by atoms with E-state index >= 15 is 0 Å². The van der Waals surface area contributed by atoms with Crippen LogP contribution < -0.4 is 5.73 Å². The predicted octanol–water partition coefficient (Wildman–Crippen LogP) is 3.19. The molecule has 1 unspecified atom stereocenters. The number of nitrogens with zero attached hydrogens (tertiary/aromatic N) is 1. The van der Waals surface area contributed by atoms with E-state index in [0.717, 1.165) is 24.9 Å². The second-order valence-corrected chi connectivity index (χ2v) is 6.00. The molecular weight excluding hydrogens is 255 g/mol. The largest absolute Gasteiger partial charge is 0.396 e. The van der Waals surface area contributed by atoms with Gasteiger partial charge in [-0.1, -0.05) is 19.9 Å². The second kappa shape index (κ2) is 6.25. The molecule has 1 atom stereocenters. The zero-order chi connectivity index (χ0) is 14.7. The Kier molecular flexibility index (Phi) is 4.63. The maximum atomic E-state index is 13.5. The summed E-state index contributed by atoms with van der Waals surface area (Å²) in [7, 11) is 0. The van der Waals surface area contributed by atoms with Crippen molar-refractivity contribution in [2.24, 2.45) is 11.8 Å². The highest BCUT2D eigenvalue weighted by Gasteiger charge is 2.24. The van der Waals surface area contributed by atoms with Gasteiger partial charge in [0.05, 0.1) is 5.69 Å². The summed E-state index contributed by atoms with van der Waals surface area (Å²) < 4.78 is 13.5. The summed E-state index contributed by atoms with van der Waals surface area (Å²) in [4.78, 5) is 14.0. The fourth-order valence-electron chi connectivity index (χ4n) is 2.78. The minimum atomic E-state index is -0.412. The fourth-order valence-corrected chi connectivity index (χ4v) is 2.78. The van der Waals surface area contributed by atoms with Crippen molar-refractivity contribution in [2.75, 3.05) is 12.3 Å². The highest BCUT2D eigenvalue weighted by Crippen LogP contribution is 2.26. The molecule has 110 valence electrons. The number of rotatable bonds is 3. The number of carbonyl (C=O) groups is 1. The number of benzene rings is 1. The summed E-state index contributed by atoms with van der Waals surface area (Å²) in [5.74, 6) is 0.971. The molecular formula is C16H23FN2O. The van der Waals surface area contributed by atoms with Crippen molar-refractivity contribution in [1.82, 2.24) is 4.90 Å². The Morgan fingerprint density at radius 1 is 1.40 bits per heavy atom. The molecule has 1 amide bonds. The Morgan fingerprint density at radius 3 is 2.80 bits per heavy atom. The Balaban J connectivity index is 2.04. The van der Waals surface area contributed by atoms with Crippen LogP contribution in [0.2, 0.25) is 0 Å². The summed E-state index contributed by atoms with van der Waals surface area (Å²) in [5, 5.41) is 0. The van der Waals surface area contributed by atoms with E-state index in [4.69, 9.17) is 5.73 Å². The molecule has 0 radical (unpaired) electrons. The van der Waals surface area contributed by atoms with Crippen LogP contribution in [0.5, 0.6) is 0 Å². The van der Waals surface area contributed by atoms with Crippen molar-refractivity contribution >= 4 is 11.6 Å². The number of nitrogens with two attached hydrogens (primary N) is 1. The van der Waals surface area contributed by atoms with Crippen LogP contribution in [0.1, 0.15) is 38.7 Å². The van der Waals surface area contributed by atoms with Crippen LogP contribution in [0.3, 0.4) is 0 Å². The van der Waals surface area contributed by atoms with Gasteiger partial charge in [0, 0.05) is 19.5 Å². The van der Waals surface area contributed by atoms with E-state index in [-0.39, 0.29) is 11.6 Å². The van der Waals surface area contributed by atoms with Gasteiger partial charge in [-0.3, -0.25) is 4.79 Å². The Bertz CT molecular complexity index is 487. The molecule has 2 rings (SSSR count). The molecule has 3 nitrogen and oxygen atoms in total. The lowest BCUT2D eigenvalue weighted by atomic mass is 9.89. The van der Waals surface area contributed by atoms with Gasteiger partial charge in [-0.2, -0.15) is 0 Å². The molecule has 1 aliphatic heterocycles. The van der Waals surface area contributed by atoms with Crippen LogP contribution in [-0.2, 0) is 11.3 Å². The molecule has 1 aromatic carbocycles. The van der Waals surface area contributed by atoms with Gasteiger partial charge in [-0.25, -0.2) is 4.39 Å². The van der Waals surface area contributed by atoms with Gasteiger partial charge in [-0.15, -0.1) is 0 Å². The van der Waals surface area contributed by atoms with Crippen molar-refractivity contribution in [3.63, 3.8) is 0 Å². The van der Waals surface area contributed by atoms with E-state index in [1.807, 2.05) is 4.90 Å². The Hall–Kier alpha value is -1.58. The molecule has 1 aliphatic rings. The van der Waals surface area contributed by atoms with E-state index in [1.54, 1.807) is 12.1 Å². The summed E-state index contributed by atoms with van der Waals surface area (Å²) in [6.07, 6.45) is 2.59. The minimum absolute atomic E-state index is 0.149. The molecule has 0 bridgehead atoms. The molecule has 0 spiro atoms. The van der Waals surface area contributed by atoms with Crippen molar-refractivity contribution in [3.05, 3.63) is 29.6 Å². The monoisotopic (exact) mass is 278 g/mol. The highest BCUT2D eigenvalue weighted by molar-refractivity contribution is 5.76. The first kappa shape index (κ1) is 14.8. The lowest BCUT2D eigenvalue weighted by Gasteiger charge is -2.22. The van der Waals surface area contributed by atoms with Gasteiger partial charge in [0.2, 0.25) is 5.91 Å². The van der Waals surface area contributed by atoms with Crippen molar-refractivity contribution in [2.45, 2.75) is 39.7 Å². The molecule has 1 saturated heterocycles. The lowest BCUT2D eigenvalue weighted by Crippen LogP contribution is -2.29. The van der Waals surface area contributed by atoms with E-state index < -0.39 is 5.82 Å². The van der Waals surface area contributed by atoms with Crippen LogP contribution in [0.25, 0.3) is 0 Å². The zero-order valence-electron chi connectivity index (χ0n) is 12.2. The Labute approximate surface area is 120 Å². The van der Waals surface area contributed by atoms with Crippen molar-refractivity contribution in [1.29, 1.82) is 0 Å². The highest BCUT2D eigenvalue weighted by atomic mass is 19.1. The number of anilines is 1. The second-order valence-electron chi connectivity index (χ2n) is 6.00. The van der Waals surface area contributed by atoms with Crippen LogP contribution in [0, 0.1) is 17.7 Å². The standard InChI is InChI=1S/C16H23FN2O/c1-11(2)13-4-6-16(20)19(8-7-13)10-12-3-5-15(18)14(17)9-12/h3,5,9,11,13H,4,6-8,10,18H2,1-2H3. The molecule has 1 aromatic rings. The lowest BCUT2D eigenvalue weighted by molar-refractivity contribution is -0.131. The molecule has 2 N–H and O–H groups in total. The van der Waals surface area contributed by atoms with Gasteiger partial charge in [-0.05, 0) is 42.4 Å². The van der Waals surface area contributed by atoms with Gasteiger partial charge >= 0.3 is 0 Å². The third-order valence-corrected chi connectivity index (χ3v) is 4.23. The van der Waals surface area contributed by atoms with E-state index in [2.05, 4.69) is 13.8 Å². The first-order valence-corrected chi connectivity index (χ1v) is 7.29. The van der Waals surface area contributed by atoms with Gasteiger partial charge in [0.1, 0.15) is 5.82 Å². The zero-order valence-corrected chi connectivity index (χ0v) is 12.2. The number of carbonyl (C=O) groups excluding carboxylic acids is 1. The topological polar surface area (TPSA) is 46.3 Å². The third-order valence-electron chi connectivity index (χ3n) is 4.23. The summed E-state index contributed by atoms with van der Waals surface area (Å²) in [6.45, 7) is 5.65. The number of likely N-dealkylation sites (tertiary alicyclic amines) is 1. The molecule has 0 aromatic heterocycles. The number of hydrogen-bond acceptors (Lipinski definition) is 2. The molecule has 1 heterocycles. The van der Waals surface area contributed by atoms with E-state index in [9.17, 15) is 9.18 Å². The average Bonchev–Trinajstić information content (AvgIpc) is 2.57. The molecule has 1 fully saturated rings. The maximum Gasteiger partial charge on any atom is 0.222 e. The predicted molar refractivity (Wildman–Crippen MR) is 78.4 cm³/mol. The molecule has 4 heteroatoms. The maximum absolute atomic E-state index is 13.5. The summed E-state index contributed by atoms with van der Waals surface area (Å²) in [6, 6.07) is 4.77. The van der Waals surface area contributed by atoms with Crippen molar-refractivity contribution in [3.8, 4) is 0 Å². The van der Waals surface area contributed by atoms with Crippen LogP contribution in [0.15, 0.2) is 18.2 Å². The number of halogens is 1. The number of amides is 1. The quantitative estimate of drug-likeness (QED) is 0.863. The van der Waals surface area contributed by atoms with Crippen molar-refractivity contribution < 1.29 is 9.18 Å². The first-order valence-electron chi connectivity index (χ1n) is 7.29. The fraction of sp³-hybridized carbons (Fsp3) is 0.562. The number of hydrogen-bond donors (Lipinski definition) is 1. The average molecular weight is 278 g/mol.